The zero-order chi connectivity index (χ0) is 18.4. The van der Waals surface area contributed by atoms with E-state index in [1.807, 2.05) is 18.2 Å². The van der Waals surface area contributed by atoms with E-state index in [9.17, 15) is 9.90 Å². The first kappa shape index (κ1) is 18.7. The van der Waals surface area contributed by atoms with Crippen LogP contribution in [-0.2, 0) is 17.6 Å². The molecule has 0 saturated carbocycles. The van der Waals surface area contributed by atoms with Crippen LogP contribution in [0.4, 0.5) is 5.69 Å². The third-order valence-corrected chi connectivity index (χ3v) is 4.09. The fraction of sp³-hybridized carbons (Fsp3) is 0.211. The van der Waals surface area contributed by atoms with E-state index in [2.05, 4.69) is 11.9 Å². The number of phenolic OH excluding ortho intramolecular Hbond substituents is 1. The number of aryl methyl sites for hydroxylation is 1. The number of hydrogen-bond donors (Lipinski definition) is 2. The Balaban J connectivity index is 2.26. The largest absolute Gasteiger partial charge is 0.506 e. The van der Waals surface area contributed by atoms with E-state index in [1.54, 1.807) is 20.3 Å². The minimum Gasteiger partial charge on any atom is -0.506 e. The van der Waals surface area contributed by atoms with Gasteiger partial charge < -0.3 is 19.9 Å². The highest BCUT2D eigenvalue weighted by atomic mass is 35.5. The maximum atomic E-state index is 11.6. The molecule has 2 aromatic carbocycles. The third-order valence-electron chi connectivity index (χ3n) is 3.79. The number of halogens is 1. The average molecular weight is 362 g/mol. The van der Waals surface area contributed by atoms with Gasteiger partial charge >= 0.3 is 0 Å². The molecule has 25 heavy (non-hydrogen) atoms. The molecule has 0 aliphatic rings. The van der Waals surface area contributed by atoms with Crippen molar-refractivity contribution in [2.75, 3.05) is 19.5 Å². The molecule has 2 rings (SSSR count). The number of aromatic hydroxyl groups is 1. The first-order valence-corrected chi connectivity index (χ1v) is 8.02. The lowest BCUT2D eigenvalue weighted by Gasteiger charge is -2.14. The predicted molar refractivity (Wildman–Crippen MR) is 98.9 cm³/mol. The average Bonchev–Trinajstić information content (AvgIpc) is 2.63. The fourth-order valence-electron chi connectivity index (χ4n) is 2.47. The van der Waals surface area contributed by atoms with E-state index in [0.717, 1.165) is 5.56 Å². The molecule has 0 heterocycles. The Morgan fingerprint density at radius 2 is 1.92 bits per heavy atom. The Labute approximate surface area is 151 Å². The van der Waals surface area contributed by atoms with Gasteiger partial charge in [0.1, 0.15) is 5.75 Å². The topological polar surface area (TPSA) is 67.8 Å². The van der Waals surface area contributed by atoms with Gasteiger partial charge in [0.2, 0.25) is 5.91 Å². The van der Waals surface area contributed by atoms with Gasteiger partial charge in [0, 0.05) is 11.3 Å². The van der Waals surface area contributed by atoms with Gasteiger partial charge in [-0.15, -0.1) is 0 Å². The molecule has 0 aliphatic carbocycles. The molecule has 0 radical (unpaired) electrons. The van der Waals surface area contributed by atoms with Crippen LogP contribution >= 0.6 is 11.6 Å². The molecular weight excluding hydrogens is 342 g/mol. The van der Waals surface area contributed by atoms with Crippen molar-refractivity contribution >= 4 is 23.2 Å². The van der Waals surface area contributed by atoms with Crippen LogP contribution in [0.3, 0.4) is 0 Å². The van der Waals surface area contributed by atoms with E-state index < -0.39 is 0 Å². The van der Waals surface area contributed by atoms with Crippen LogP contribution in [0.5, 0.6) is 17.2 Å². The van der Waals surface area contributed by atoms with Crippen molar-refractivity contribution in [3.05, 3.63) is 59.1 Å². The molecule has 2 aromatic rings. The van der Waals surface area contributed by atoms with E-state index in [0.29, 0.717) is 35.6 Å². The summed E-state index contributed by atoms with van der Waals surface area (Å²) in [4.78, 5) is 11.6. The van der Waals surface area contributed by atoms with E-state index in [4.69, 9.17) is 21.1 Å². The number of ether oxygens (including phenoxy) is 2. The Morgan fingerprint density at radius 3 is 2.56 bits per heavy atom. The molecule has 0 saturated heterocycles. The molecule has 0 aliphatic heterocycles. The van der Waals surface area contributed by atoms with Crippen molar-refractivity contribution < 1.29 is 19.4 Å². The summed E-state index contributed by atoms with van der Waals surface area (Å²) in [6.07, 6.45) is 2.27. The second-order valence-corrected chi connectivity index (χ2v) is 5.71. The summed E-state index contributed by atoms with van der Waals surface area (Å²) in [5.74, 6) is 0.893. The number of methoxy groups -OCH3 is 2. The van der Waals surface area contributed by atoms with Crippen molar-refractivity contribution in [2.24, 2.45) is 0 Å². The third kappa shape index (κ3) is 4.45. The maximum Gasteiger partial charge on any atom is 0.247 e. The van der Waals surface area contributed by atoms with Crippen LogP contribution in [0.25, 0.3) is 0 Å². The molecule has 0 atom stereocenters. The normalized spacial score (nSPS) is 10.2. The van der Waals surface area contributed by atoms with Crippen LogP contribution in [0.15, 0.2) is 43.0 Å². The van der Waals surface area contributed by atoms with Crippen LogP contribution in [-0.4, -0.2) is 25.2 Å². The predicted octanol–water partition coefficient (Wildman–Crippen LogP) is 3.97. The smallest absolute Gasteiger partial charge is 0.247 e. The first-order chi connectivity index (χ1) is 12.0. The summed E-state index contributed by atoms with van der Waals surface area (Å²) in [7, 11) is 3.16. The number of nitrogens with one attached hydrogen (secondary N) is 1. The molecule has 132 valence electrons. The minimum atomic E-state index is -0.353. The molecule has 0 bridgehead atoms. The highest BCUT2D eigenvalue weighted by Gasteiger charge is 2.14. The summed E-state index contributed by atoms with van der Waals surface area (Å²) < 4.78 is 10.5. The van der Waals surface area contributed by atoms with Gasteiger partial charge in [-0.1, -0.05) is 24.2 Å². The molecule has 0 unspecified atom stereocenters. The van der Waals surface area contributed by atoms with Crippen molar-refractivity contribution in [1.82, 2.24) is 0 Å². The zero-order valence-corrected chi connectivity index (χ0v) is 14.9. The van der Waals surface area contributed by atoms with Gasteiger partial charge in [0.25, 0.3) is 0 Å². The Morgan fingerprint density at radius 1 is 1.20 bits per heavy atom. The molecule has 0 aromatic heterocycles. The number of benzene rings is 2. The first-order valence-electron chi connectivity index (χ1n) is 7.64. The second-order valence-electron chi connectivity index (χ2n) is 5.30. The summed E-state index contributed by atoms with van der Waals surface area (Å²) in [6, 6.07) is 8.82. The molecular formula is C19H20ClNO4. The van der Waals surface area contributed by atoms with E-state index in [-0.39, 0.29) is 16.7 Å². The fourth-order valence-corrected chi connectivity index (χ4v) is 2.64. The van der Waals surface area contributed by atoms with Crippen molar-refractivity contribution in [3.63, 3.8) is 0 Å². The number of carbonyl (C=O) groups is 1. The number of hydrogen-bond acceptors (Lipinski definition) is 4. The SMILES string of the molecule is C=CC(=O)Nc1ccc(Cl)c(O)c1CCc1ccc(OC)c(OC)c1. The lowest BCUT2D eigenvalue weighted by atomic mass is 10.0. The van der Waals surface area contributed by atoms with Gasteiger partial charge in [-0.25, -0.2) is 0 Å². The standard InChI is InChI=1S/C19H20ClNO4/c1-4-18(22)21-15-9-8-14(20)19(23)13(15)7-5-12-6-10-16(24-2)17(11-12)25-3/h4,6,8-11,23H,1,5,7H2,2-3H3,(H,21,22). The van der Waals surface area contributed by atoms with Crippen molar-refractivity contribution in [3.8, 4) is 17.2 Å². The monoisotopic (exact) mass is 361 g/mol. The number of amides is 1. The van der Waals surface area contributed by atoms with E-state index in [1.165, 1.54) is 12.1 Å². The second kappa shape index (κ2) is 8.44. The van der Waals surface area contributed by atoms with Gasteiger partial charge in [-0.05, 0) is 48.7 Å². The zero-order valence-electron chi connectivity index (χ0n) is 14.1. The summed E-state index contributed by atoms with van der Waals surface area (Å²) in [5, 5.41) is 13.2. The number of rotatable bonds is 7. The van der Waals surface area contributed by atoms with Crippen molar-refractivity contribution in [1.29, 1.82) is 0 Å². The van der Waals surface area contributed by atoms with Crippen LogP contribution in [0.1, 0.15) is 11.1 Å². The lowest BCUT2D eigenvalue weighted by molar-refractivity contribution is -0.111. The Hall–Kier alpha value is -2.66. The molecule has 1 amide bonds. The maximum absolute atomic E-state index is 11.6. The summed E-state index contributed by atoms with van der Waals surface area (Å²) >= 11 is 6.01. The highest BCUT2D eigenvalue weighted by molar-refractivity contribution is 6.32. The molecule has 6 heteroatoms. The van der Waals surface area contributed by atoms with Crippen molar-refractivity contribution in [2.45, 2.75) is 12.8 Å². The number of phenols is 1. The molecule has 5 nitrogen and oxygen atoms in total. The van der Waals surface area contributed by atoms with Crippen LogP contribution < -0.4 is 14.8 Å². The quantitative estimate of drug-likeness (QED) is 0.732. The Bertz CT molecular complexity index is 789. The van der Waals surface area contributed by atoms with Gasteiger partial charge in [0.15, 0.2) is 11.5 Å². The van der Waals surface area contributed by atoms with Crippen LogP contribution in [0.2, 0.25) is 5.02 Å². The van der Waals surface area contributed by atoms with Gasteiger partial charge in [0.05, 0.1) is 19.2 Å². The number of anilines is 1. The molecule has 0 fully saturated rings. The lowest BCUT2D eigenvalue weighted by Crippen LogP contribution is -2.10. The van der Waals surface area contributed by atoms with E-state index >= 15 is 0 Å². The van der Waals surface area contributed by atoms with Gasteiger partial charge in [-0.2, -0.15) is 0 Å². The minimum absolute atomic E-state index is 0.0380. The molecule has 2 N–H and O–H groups in total. The summed E-state index contributed by atoms with van der Waals surface area (Å²) in [6.45, 7) is 3.43. The van der Waals surface area contributed by atoms with Gasteiger partial charge in [-0.3, -0.25) is 4.79 Å². The summed E-state index contributed by atoms with van der Waals surface area (Å²) in [5.41, 5.74) is 2.07. The highest BCUT2D eigenvalue weighted by Crippen LogP contribution is 2.35. The number of carbonyl (C=O) groups excluding carboxylic acids is 1. The molecule has 0 spiro atoms. The van der Waals surface area contributed by atoms with Crippen LogP contribution in [0, 0.1) is 0 Å². The Kier molecular flexibility index (Phi) is 6.31.